The van der Waals surface area contributed by atoms with E-state index in [0.717, 1.165) is 10.0 Å². The van der Waals surface area contributed by atoms with Gasteiger partial charge >= 0.3 is 0 Å². The normalized spacial score (nSPS) is 9.82. The highest BCUT2D eigenvalue weighted by atomic mass is 79.9. The molecule has 2 aromatic carbocycles. The highest BCUT2D eigenvalue weighted by molar-refractivity contribution is 9.10. The Morgan fingerprint density at radius 2 is 1.50 bits per heavy atom. The van der Waals surface area contributed by atoms with Crippen molar-refractivity contribution in [3.05, 3.63) is 66.6 Å². The van der Waals surface area contributed by atoms with Gasteiger partial charge in [-0.3, -0.25) is 10.1 Å². The van der Waals surface area contributed by atoms with E-state index in [1.807, 2.05) is 12.1 Å². The minimum absolute atomic E-state index is 0.0206. The molecule has 0 fully saturated rings. The molecule has 6 nitrogen and oxygen atoms in total. The van der Waals surface area contributed by atoms with Crippen LogP contribution in [0.15, 0.2) is 45.3 Å². The molecule has 2 aromatic rings. The van der Waals surface area contributed by atoms with Crippen LogP contribution in [-0.4, -0.2) is 15.1 Å². The van der Waals surface area contributed by atoms with Gasteiger partial charge in [-0.2, -0.15) is 0 Å². The fraction of sp³-hybridized carbons (Fsp3) is 0.143. The van der Waals surface area contributed by atoms with Crippen molar-refractivity contribution < 1.29 is 15.1 Å². The zero-order valence-corrected chi connectivity index (χ0v) is 14.5. The number of benzene rings is 2. The van der Waals surface area contributed by atoms with Crippen LogP contribution in [0.3, 0.4) is 0 Å². The molecule has 0 radical (unpaired) electrons. The maximum Gasteiger partial charge on any atom is 0.276 e. The van der Waals surface area contributed by atoms with Gasteiger partial charge in [0.05, 0.1) is 23.7 Å². The summed E-state index contributed by atoms with van der Waals surface area (Å²) in [5.74, 6) is 0. The van der Waals surface area contributed by atoms with Crippen molar-refractivity contribution in [1.29, 1.82) is 0 Å². The number of aliphatic hydroxyl groups excluding tert-OH is 2. The second kappa shape index (κ2) is 8.84. The van der Waals surface area contributed by atoms with E-state index >= 15 is 0 Å². The van der Waals surface area contributed by atoms with Crippen LogP contribution in [0.25, 0.3) is 0 Å². The summed E-state index contributed by atoms with van der Waals surface area (Å²) in [7, 11) is 0. The highest BCUT2D eigenvalue weighted by Gasteiger charge is 2.14. The number of hydrogen-bond acceptors (Lipinski definition) is 5. The van der Waals surface area contributed by atoms with Crippen molar-refractivity contribution in [3.8, 4) is 0 Å². The number of anilines is 1. The number of aliphatic hydroxyl groups is 2. The van der Waals surface area contributed by atoms with Gasteiger partial charge in [0, 0.05) is 26.3 Å². The van der Waals surface area contributed by atoms with Gasteiger partial charge in [0.25, 0.3) is 5.69 Å². The molecule has 0 aliphatic rings. The van der Waals surface area contributed by atoms with E-state index in [4.69, 9.17) is 15.9 Å². The summed E-state index contributed by atoms with van der Waals surface area (Å²) in [6, 6.07) is 10.0. The third-order valence-corrected chi connectivity index (χ3v) is 4.25. The molecular weight excluding hydrogens is 420 g/mol. The lowest BCUT2D eigenvalue weighted by Gasteiger charge is -2.02. The van der Waals surface area contributed by atoms with Gasteiger partial charge in [-0.1, -0.05) is 44.0 Å². The van der Waals surface area contributed by atoms with Crippen molar-refractivity contribution in [2.45, 2.75) is 13.2 Å². The summed E-state index contributed by atoms with van der Waals surface area (Å²) >= 11 is 6.38. The average Bonchev–Trinajstić information content (AvgIpc) is 2.47. The van der Waals surface area contributed by atoms with Crippen LogP contribution < -0.4 is 5.73 Å². The van der Waals surface area contributed by atoms with Crippen LogP contribution >= 0.6 is 31.9 Å². The van der Waals surface area contributed by atoms with Crippen molar-refractivity contribution in [2.24, 2.45) is 0 Å². The quantitative estimate of drug-likeness (QED) is 0.390. The standard InChI is InChI=1S/C7H6BrNO3.C7H8BrNO/c8-6-2-1-3-7(9(11)12)5(6)4-10;8-6-2-1-3-7(9)5(6)4-10/h1-3,10H,4H2;1-3,10H,4,9H2. The maximum atomic E-state index is 10.4. The highest BCUT2D eigenvalue weighted by Crippen LogP contribution is 2.26. The molecule has 8 heteroatoms. The fourth-order valence-electron chi connectivity index (χ4n) is 1.62. The van der Waals surface area contributed by atoms with Crippen LogP contribution in [0.2, 0.25) is 0 Å². The van der Waals surface area contributed by atoms with E-state index in [1.54, 1.807) is 18.2 Å². The second-order valence-corrected chi connectivity index (χ2v) is 5.83. The van der Waals surface area contributed by atoms with E-state index in [-0.39, 0.29) is 18.9 Å². The smallest absolute Gasteiger partial charge is 0.276 e. The summed E-state index contributed by atoms with van der Waals surface area (Å²) in [5.41, 5.74) is 7.16. The molecule has 0 aliphatic carbocycles. The summed E-state index contributed by atoms with van der Waals surface area (Å²) < 4.78 is 1.41. The fourth-order valence-corrected chi connectivity index (χ4v) is 2.61. The molecule has 118 valence electrons. The predicted octanol–water partition coefficient (Wildman–Crippen LogP) is 3.37. The van der Waals surface area contributed by atoms with Crippen LogP contribution in [0.1, 0.15) is 11.1 Å². The Morgan fingerprint density at radius 1 is 1.00 bits per heavy atom. The van der Waals surface area contributed by atoms with Crippen molar-refractivity contribution >= 4 is 43.2 Å². The van der Waals surface area contributed by atoms with E-state index < -0.39 is 4.92 Å². The topological polar surface area (TPSA) is 110 Å². The lowest BCUT2D eigenvalue weighted by molar-refractivity contribution is -0.385. The Kier molecular flexibility index (Phi) is 7.46. The third kappa shape index (κ3) is 4.77. The number of hydrogen-bond donors (Lipinski definition) is 3. The Labute approximate surface area is 144 Å². The number of halogens is 2. The predicted molar refractivity (Wildman–Crippen MR) is 91.2 cm³/mol. The summed E-state index contributed by atoms with van der Waals surface area (Å²) in [6.45, 7) is -0.356. The number of nitro benzene ring substituents is 1. The molecule has 0 atom stereocenters. The molecule has 0 saturated heterocycles. The molecule has 2 rings (SSSR count). The molecule has 4 N–H and O–H groups in total. The van der Waals surface area contributed by atoms with Crippen molar-refractivity contribution in [2.75, 3.05) is 5.73 Å². The van der Waals surface area contributed by atoms with Crippen molar-refractivity contribution in [1.82, 2.24) is 0 Å². The van der Waals surface area contributed by atoms with Gasteiger partial charge in [-0.05, 0) is 18.2 Å². The summed E-state index contributed by atoms with van der Waals surface area (Å²) in [4.78, 5) is 9.89. The van der Waals surface area contributed by atoms with E-state index in [2.05, 4.69) is 31.9 Å². The summed E-state index contributed by atoms with van der Waals surface area (Å²) in [6.07, 6.45) is 0. The zero-order valence-electron chi connectivity index (χ0n) is 11.4. The average molecular weight is 434 g/mol. The van der Waals surface area contributed by atoms with E-state index in [9.17, 15) is 10.1 Å². The molecule has 22 heavy (non-hydrogen) atoms. The Hall–Kier alpha value is -1.48. The monoisotopic (exact) mass is 432 g/mol. The minimum Gasteiger partial charge on any atom is -0.398 e. The van der Waals surface area contributed by atoms with Crippen molar-refractivity contribution in [3.63, 3.8) is 0 Å². The molecular formula is C14H14Br2N2O4. The van der Waals surface area contributed by atoms with Gasteiger partial charge in [0.15, 0.2) is 0 Å². The summed E-state index contributed by atoms with van der Waals surface area (Å²) in [5, 5.41) is 28.0. The molecule has 0 spiro atoms. The number of nitro groups is 1. The van der Waals surface area contributed by atoms with Gasteiger partial charge in [0.2, 0.25) is 0 Å². The first-order valence-electron chi connectivity index (χ1n) is 6.08. The Balaban J connectivity index is 0.000000224. The first-order chi connectivity index (χ1) is 10.4. The number of nitrogen functional groups attached to an aromatic ring is 1. The number of nitrogens with zero attached hydrogens (tertiary/aromatic N) is 1. The Morgan fingerprint density at radius 3 is 1.86 bits per heavy atom. The van der Waals surface area contributed by atoms with Gasteiger partial charge in [-0.15, -0.1) is 0 Å². The number of rotatable bonds is 3. The third-order valence-electron chi connectivity index (χ3n) is 2.76. The molecule has 0 saturated carbocycles. The minimum atomic E-state index is -0.518. The molecule has 0 amide bonds. The van der Waals surface area contributed by atoms with Gasteiger partial charge < -0.3 is 15.9 Å². The van der Waals surface area contributed by atoms with Crippen LogP contribution in [-0.2, 0) is 13.2 Å². The molecule has 0 aromatic heterocycles. The lowest BCUT2D eigenvalue weighted by atomic mass is 10.2. The zero-order chi connectivity index (χ0) is 16.7. The molecule has 0 bridgehead atoms. The van der Waals surface area contributed by atoms with Crippen LogP contribution in [0.5, 0.6) is 0 Å². The second-order valence-electron chi connectivity index (χ2n) is 4.12. The SMILES string of the molecule is Nc1cccc(Br)c1CO.O=[N+]([O-])c1cccc(Br)c1CO. The molecule has 0 unspecified atom stereocenters. The molecule has 0 heterocycles. The molecule has 0 aliphatic heterocycles. The maximum absolute atomic E-state index is 10.4. The van der Waals surface area contributed by atoms with Gasteiger partial charge in [0.1, 0.15) is 0 Å². The first-order valence-corrected chi connectivity index (χ1v) is 7.67. The largest absolute Gasteiger partial charge is 0.398 e. The van der Waals surface area contributed by atoms with E-state index in [0.29, 0.717) is 15.7 Å². The number of nitrogens with two attached hydrogens (primary N) is 1. The van der Waals surface area contributed by atoms with Gasteiger partial charge in [-0.25, -0.2) is 0 Å². The first kappa shape index (κ1) is 18.6. The van der Waals surface area contributed by atoms with Crippen LogP contribution in [0, 0.1) is 10.1 Å². The van der Waals surface area contributed by atoms with E-state index in [1.165, 1.54) is 6.07 Å². The van der Waals surface area contributed by atoms with Crippen LogP contribution in [0.4, 0.5) is 11.4 Å². The lowest BCUT2D eigenvalue weighted by Crippen LogP contribution is -1.95. The Bertz CT molecular complexity index is 645.